The predicted octanol–water partition coefficient (Wildman–Crippen LogP) is 2.25. The molecule has 1 atom stereocenters. The van der Waals surface area contributed by atoms with Crippen LogP contribution in [0.5, 0.6) is 0 Å². The molecule has 0 radical (unpaired) electrons. The fourth-order valence-electron chi connectivity index (χ4n) is 3.49. The highest BCUT2D eigenvalue weighted by Crippen LogP contribution is 2.27. The minimum Gasteiger partial charge on any atom is -0.319 e. The van der Waals surface area contributed by atoms with E-state index in [4.69, 9.17) is 0 Å². The van der Waals surface area contributed by atoms with Crippen molar-refractivity contribution in [2.45, 2.75) is 44.9 Å². The number of hydrogen-bond acceptors (Lipinski definition) is 3. The Morgan fingerprint density at radius 3 is 2.35 bits per heavy atom. The van der Waals surface area contributed by atoms with Crippen LogP contribution in [-0.2, 0) is 10.0 Å². The zero-order valence-corrected chi connectivity index (χ0v) is 14.1. The van der Waals surface area contributed by atoms with Gasteiger partial charge in [-0.1, -0.05) is 19.3 Å². The van der Waals surface area contributed by atoms with Crippen molar-refractivity contribution in [2.24, 2.45) is 11.8 Å². The van der Waals surface area contributed by atoms with Crippen LogP contribution in [0.1, 0.15) is 44.9 Å². The Kier molecular flexibility index (Phi) is 7.80. The average molecular weight is 325 g/mol. The minimum atomic E-state index is -3.03. The number of halogens is 1. The van der Waals surface area contributed by atoms with E-state index in [1.807, 2.05) is 7.05 Å². The number of sulfonamides is 1. The first-order valence-electron chi connectivity index (χ1n) is 7.74. The lowest BCUT2D eigenvalue weighted by molar-refractivity contribution is 0.260. The molecule has 0 aromatic heterocycles. The molecule has 1 aliphatic heterocycles. The molecule has 1 heterocycles. The van der Waals surface area contributed by atoms with Gasteiger partial charge in [0.15, 0.2) is 0 Å². The summed E-state index contributed by atoms with van der Waals surface area (Å²) in [5.74, 6) is 1.28. The van der Waals surface area contributed by atoms with Gasteiger partial charge in [-0.3, -0.25) is 0 Å². The van der Waals surface area contributed by atoms with E-state index in [1.165, 1.54) is 19.3 Å². The van der Waals surface area contributed by atoms with Crippen molar-refractivity contribution in [3.63, 3.8) is 0 Å². The Morgan fingerprint density at radius 2 is 1.70 bits per heavy atom. The van der Waals surface area contributed by atoms with Gasteiger partial charge in [-0.2, -0.15) is 0 Å². The molecule has 1 saturated carbocycles. The quantitative estimate of drug-likeness (QED) is 0.844. The molecular weight excluding hydrogens is 296 g/mol. The van der Waals surface area contributed by atoms with Crippen molar-refractivity contribution in [1.29, 1.82) is 0 Å². The topological polar surface area (TPSA) is 49.4 Å². The summed E-state index contributed by atoms with van der Waals surface area (Å²) in [6.45, 7) is 2.38. The van der Waals surface area contributed by atoms with Crippen LogP contribution in [0.3, 0.4) is 0 Å². The Bertz CT molecular complexity index is 367. The molecule has 0 amide bonds. The molecule has 20 heavy (non-hydrogen) atoms. The van der Waals surface area contributed by atoms with Crippen LogP contribution in [0.25, 0.3) is 0 Å². The second-order valence-corrected chi connectivity index (χ2v) is 8.22. The number of rotatable bonds is 5. The maximum atomic E-state index is 12.5. The molecule has 1 saturated heterocycles. The van der Waals surface area contributed by atoms with Crippen molar-refractivity contribution < 1.29 is 8.42 Å². The van der Waals surface area contributed by atoms with E-state index in [1.54, 1.807) is 4.31 Å². The number of hydrogen-bond donors (Lipinski definition) is 1. The van der Waals surface area contributed by atoms with Crippen molar-refractivity contribution in [1.82, 2.24) is 9.62 Å². The van der Waals surface area contributed by atoms with E-state index < -0.39 is 10.0 Å². The van der Waals surface area contributed by atoms with E-state index in [2.05, 4.69) is 5.32 Å². The summed E-state index contributed by atoms with van der Waals surface area (Å²) in [6, 6.07) is 0. The predicted molar refractivity (Wildman–Crippen MR) is 85.8 cm³/mol. The number of nitrogens with zero attached hydrogens (tertiary/aromatic N) is 1. The van der Waals surface area contributed by atoms with Crippen LogP contribution < -0.4 is 5.32 Å². The van der Waals surface area contributed by atoms with E-state index >= 15 is 0 Å². The average Bonchev–Trinajstić information content (AvgIpc) is 2.40. The van der Waals surface area contributed by atoms with Crippen molar-refractivity contribution in [3.8, 4) is 0 Å². The van der Waals surface area contributed by atoms with E-state index in [-0.39, 0.29) is 12.4 Å². The van der Waals surface area contributed by atoms with Gasteiger partial charge in [-0.25, -0.2) is 12.7 Å². The summed E-state index contributed by atoms with van der Waals surface area (Å²) < 4.78 is 26.8. The maximum absolute atomic E-state index is 12.5. The highest BCUT2D eigenvalue weighted by Gasteiger charge is 2.31. The lowest BCUT2D eigenvalue weighted by Gasteiger charge is -2.33. The van der Waals surface area contributed by atoms with Gasteiger partial charge < -0.3 is 5.32 Å². The molecular formula is C14H29ClN2O2S. The molecule has 0 bridgehead atoms. The molecule has 1 unspecified atom stereocenters. The molecule has 2 rings (SSSR count). The molecule has 120 valence electrons. The molecule has 0 spiro atoms. The minimum absolute atomic E-state index is 0. The van der Waals surface area contributed by atoms with Gasteiger partial charge in [-0.05, 0) is 51.1 Å². The monoisotopic (exact) mass is 324 g/mol. The van der Waals surface area contributed by atoms with Gasteiger partial charge in [0.1, 0.15) is 0 Å². The summed E-state index contributed by atoms with van der Waals surface area (Å²) in [7, 11) is -1.09. The van der Waals surface area contributed by atoms with Crippen molar-refractivity contribution in [2.75, 3.05) is 32.4 Å². The summed E-state index contributed by atoms with van der Waals surface area (Å²) in [4.78, 5) is 0. The van der Waals surface area contributed by atoms with Crippen LogP contribution >= 0.6 is 12.4 Å². The van der Waals surface area contributed by atoms with E-state index in [0.29, 0.717) is 17.6 Å². The SMILES string of the molecule is CNCC1CCCN(S(=O)(=O)CC2CCCCC2)C1.Cl. The second-order valence-electron chi connectivity index (χ2n) is 6.21. The lowest BCUT2D eigenvalue weighted by Crippen LogP contribution is -2.44. The molecule has 6 heteroatoms. The van der Waals surface area contributed by atoms with Gasteiger partial charge in [0.05, 0.1) is 5.75 Å². The largest absolute Gasteiger partial charge is 0.319 e. The molecule has 0 aromatic rings. The standard InChI is InChI=1S/C14H28N2O2S.ClH/c1-15-10-14-8-5-9-16(11-14)19(17,18)12-13-6-3-2-4-7-13;/h13-15H,2-12H2,1H3;1H. The molecule has 1 N–H and O–H groups in total. The first kappa shape index (κ1) is 18.2. The van der Waals surface area contributed by atoms with E-state index in [9.17, 15) is 8.42 Å². The summed E-state index contributed by atoms with van der Waals surface area (Å²) in [5.41, 5.74) is 0. The summed E-state index contributed by atoms with van der Waals surface area (Å²) in [5, 5.41) is 3.17. The van der Waals surface area contributed by atoms with Gasteiger partial charge in [0.25, 0.3) is 0 Å². The zero-order chi connectivity index (χ0) is 13.7. The first-order valence-corrected chi connectivity index (χ1v) is 9.35. The van der Waals surface area contributed by atoms with Crippen LogP contribution in [0.4, 0.5) is 0 Å². The molecule has 4 nitrogen and oxygen atoms in total. The van der Waals surface area contributed by atoms with E-state index in [0.717, 1.165) is 45.3 Å². The lowest BCUT2D eigenvalue weighted by atomic mass is 9.91. The van der Waals surface area contributed by atoms with Gasteiger partial charge in [0, 0.05) is 13.1 Å². The Labute approximate surface area is 130 Å². The normalized spacial score (nSPS) is 26.1. The third-order valence-corrected chi connectivity index (χ3v) is 6.55. The number of nitrogens with one attached hydrogen (secondary N) is 1. The molecule has 1 aliphatic carbocycles. The summed E-state index contributed by atoms with van der Waals surface area (Å²) >= 11 is 0. The fraction of sp³-hybridized carbons (Fsp3) is 1.00. The van der Waals surface area contributed by atoms with Gasteiger partial charge in [-0.15, -0.1) is 12.4 Å². The third kappa shape index (κ3) is 5.17. The van der Waals surface area contributed by atoms with Crippen LogP contribution in [0.2, 0.25) is 0 Å². The zero-order valence-electron chi connectivity index (χ0n) is 12.5. The molecule has 2 aliphatic rings. The fourth-order valence-corrected chi connectivity index (χ4v) is 5.48. The second kappa shape index (κ2) is 8.57. The molecule has 0 aromatic carbocycles. The number of piperidine rings is 1. The molecule has 2 fully saturated rings. The third-order valence-electron chi connectivity index (χ3n) is 4.54. The smallest absolute Gasteiger partial charge is 0.214 e. The van der Waals surface area contributed by atoms with Crippen molar-refractivity contribution in [3.05, 3.63) is 0 Å². The maximum Gasteiger partial charge on any atom is 0.214 e. The Hall–Kier alpha value is 0.160. The first-order chi connectivity index (χ1) is 9.12. The van der Waals surface area contributed by atoms with Gasteiger partial charge in [0.2, 0.25) is 10.0 Å². The van der Waals surface area contributed by atoms with Crippen molar-refractivity contribution >= 4 is 22.4 Å². The highest BCUT2D eigenvalue weighted by atomic mass is 35.5. The van der Waals surface area contributed by atoms with Crippen LogP contribution in [0, 0.1) is 11.8 Å². The van der Waals surface area contributed by atoms with Crippen LogP contribution in [0.15, 0.2) is 0 Å². The Balaban J connectivity index is 0.00000200. The highest BCUT2D eigenvalue weighted by molar-refractivity contribution is 7.89. The Morgan fingerprint density at radius 1 is 1.05 bits per heavy atom. The summed E-state index contributed by atoms with van der Waals surface area (Å²) in [6.07, 6.45) is 8.07. The van der Waals surface area contributed by atoms with Gasteiger partial charge >= 0.3 is 0 Å². The van der Waals surface area contributed by atoms with Crippen LogP contribution in [-0.4, -0.2) is 45.2 Å².